The highest BCUT2D eigenvalue weighted by molar-refractivity contribution is 9.10. The number of alkyl halides is 3. The second kappa shape index (κ2) is 12.0. The monoisotopic (exact) mass is 598 g/mol. The Bertz CT molecular complexity index is 1230. The van der Waals surface area contributed by atoms with E-state index in [-0.39, 0.29) is 43.8 Å². The van der Waals surface area contributed by atoms with Crippen LogP contribution in [0.25, 0.3) is 0 Å². The van der Waals surface area contributed by atoms with E-state index in [1.54, 1.807) is 31.2 Å². The van der Waals surface area contributed by atoms with Crippen LogP contribution in [-0.4, -0.2) is 42.3 Å². The number of carbonyl (C=O) groups is 2. The number of anilines is 1. The summed E-state index contributed by atoms with van der Waals surface area (Å²) in [5, 5.41) is 17.1. The van der Waals surface area contributed by atoms with Crippen LogP contribution in [0.4, 0.5) is 18.9 Å². The van der Waals surface area contributed by atoms with E-state index in [2.05, 4.69) is 26.3 Å². The molecule has 0 spiro atoms. The molecule has 1 aliphatic heterocycles. The largest absolute Gasteiger partial charge is 0.465 e. The van der Waals surface area contributed by atoms with Gasteiger partial charge in [0.05, 0.1) is 35.5 Å². The van der Waals surface area contributed by atoms with Crippen molar-refractivity contribution in [1.29, 1.82) is 5.26 Å². The lowest BCUT2D eigenvalue weighted by Crippen LogP contribution is -2.44. The van der Waals surface area contributed by atoms with Crippen molar-refractivity contribution in [3.8, 4) is 6.07 Å². The molecule has 0 fully saturated rings. The van der Waals surface area contributed by atoms with Crippen LogP contribution in [0.3, 0.4) is 0 Å². The SMILES string of the molecule is CCOC(=O)C1(CCCC#N)CN(CC(=O)Nc2ccc(Br)cc2)N=C1c1ccc(C(F)(F)F)c(Cl)c1. The minimum atomic E-state index is -4.66. The fourth-order valence-electron chi connectivity index (χ4n) is 4.08. The predicted octanol–water partition coefficient (Wildman–Crippen LogP) is 6.02. The van der Waals surface area contributed by atoms with E-state index in [1.165, 1.54) is 11.1 Å². The molecule has 0 aliphatic carbocycles. The van der Waals surface area contributed by atoms with E-state index in [0.717, 1.165) is 16.6 Å². The number of nitriles is 1. The van der Waals surface area contributed by atoms with Gasteiger partial charge in [-0.2, -0.15) is 23.5 Å². The lowest BCUT2D eigenvalue weighted by atomic mass is 9.76. The molecule has 0 radical (unpaired) electrons. The topological polar surface area (TPSA) is 94.8 Å². The Kier molecular flexibility index (Phi) is 9.21. The van der Waals surface area contributed by atoms with Crippen molar-refractivity contribution in [2.75, 3.05) is 25.0 Å². The lowest BCUT2D eigenvalue weighted by molar-refractivity contribution is -0.152. The van der Waals surface area contributed by atoms with Crippen molar-refractivity contribution in [2.45, 2.75) is 32.4 Å². The molecule has 0 saturated heterocycles. The molecule has 0 bridgehead atoms. The summed E-state index contributed by atoms with van der Waals surface area (Å²) >= 11 is 9.28. The summed E-state index contributed by atoms with van der Waals surface area (Å²) in [5.74, 6) is -1.05. The number of hydrogen-bond acceptors (Lipinski definition) is 6. The van der Waals surface area contributed by atoms with Gasteiger partial charge in [-0.25, -0.2) is 0 Å². The molecule has 12 heteroatoms. The van der Waals surface area contributed by atoms with Crippen LogP contribution >= 0.6 is 27.5 Å². The van der Waals surface area contributed by atoms with E-state index in [9.17, 15) is 22.8 Å². The molecule has 2 aromatic carbocycles. The summed E-state index contributed by atoms with van der Waals surface area (Å²) in [6.45, 7) is 1.40. The fourth-order valence-corrected chi connectivity index (χ4v) is 4.63. The molecule has 3 rings (SSSR count). The van der Waals surface area contributed by atoms with Crippen molar-refractivity contribution >= 4 is 50.8 Å². The number of benzene rings is 2. The van der Waals surface area contributed by atoms with Gasteiger partial charge in [-0.15, -0.1) is 0 Å². The molecular weight excluding hydrogens is 577 g/mol. The zero-order valence-corrected chi connectivity index (χ0v) is 22.1. The second-order valence-electron chi connectivity index (χ2n) is 8.33. The Morgan fingerprint density at radius 2 is 1.97 bits per heavy atom. The quantitative estimate of drug-likeness (QED) is 0.281. The number of unbranched alkanes of at least 4 members (excludes halogenated alkanes) is 1. The Balaban J connectivity index is 1.98. The van der Waals surface area contributed by atoms with Gasteiger partial charge in [0.2, 0.25) is 5.91 Å². The number of nitrogens with one attached hydrogen (secondary N) is 1. The molecule has 1 heterocycles. The van der Waals surface area contributed by atoms with Crippen LogP contribution in [0.2, 0.25) is 5.02 Å². The smallest absolute Gasteiger partial charge is 0.417 e. The average Bonchev–Trinajstić information content (AvgIpc) is 3.19. The molecule has 0 saturated carbocycles. The zero-order valence-electron chi connectivity index (χ0n) is 19.7. The minimum absolute atomic E-state index is 0.0566. The number of carbonyl (C=O) groups excluding carboxylic acids is 2. The number of hydrazone groups is 1. The third-order valence-electron chi connectivity index (χ3n) is 5.71. The molecule has 1 atom stereocenters. The number of amides is 1. The first-order valence-electron chi connectivity index (χ1n) is 11.3. The first-order valence-corrected chi connectivity index (χ1v) is 12.5. The summed E-state index contributed by atoms with van der Waals surface area (Å²) in [5.41, 5.74) is -1.55. The predicted molar refractivity (Wildman–Crippen MR) is 136 cm³/mol. The highest BCUT2D eigenvalue weighted by Gasteiger charge is 2.51. The summed E-state index contributed by atoms with van der Waals surface area (Å²) in [6.07, 6.45) is -4.06. The van der Waals surface area contributed by atoms with Gasteiger partial charge in [-0.1, -0.05) is 33.6 Å². The van der Waals surface area contributed by atoms with Crippen LogP contribution in [-0.2, 0) is 20.5 Å². The van der Waals surface area contributed by atoms with Crippen LogP contribution < -0.4 is 5.32 Å². The number of halogens is 5. The third kappa shape index (κ3) is 6.81. The number of nitrogens with zero attached hydrogens (tertiary/aromatic N) is 3. The molecular formula is C25H23BrClF3N4O3. The molecule has 1 aliphatic rings. The zero-order chi connectivity index (χ0) is 27.2. The van der Waals surface area contributed by atoms with E-state index in [1.807, 2.05) is 6.07 Å². The number of ether oxygens (including phenoxy) is 1. The van der Waals surface area contributed by atoms with Crippen LogP contribution in [0.1, 0.15) is 37.3 Å². The van der Waals surface area contributed by atoms with Crippen LogP contribution in [0.15, 0.2) is 52.0 Å². The van der Waals surface area contributed by atoms with E-state index >= 15 is 0 Å². The Labute approximate surface area is 225 Å². The maximum absolute atomic E-state index is 13.3. The summed E-state index contributed by atoms with van der Waals surface area (Å²) < 4.78 is 46.0. The molecule has 2 aromatic rings. The fraction of sp³-hybridized carbons (Fsp3) is 0.360. The average molecular weight is 600 g/mol. The third-order valence-corrected chi connectivity index (χ3v) is 6.55. The van der Waals surface area contributed by atoms with Crippen molar-refractivity contribution < 1.29 is 27.5 Å². The van der Waals surface area contributed by atoms with Crippen molar-refractivity contribution in [3.05, 3.63) is 63.1 Å². The molecule has 0 aromatic heterocycles. The highest BCUT2D eigenvalue weighted by Crippen LogP contribution is 2.40. The molecule has 7 nitrogen and oxygen atoms in total. The summed E-state index contributed by atoms with van der Waals surface area (Å²) in [7, 11) is 0. The highest BCUT2D eigenvalue weighted by atomic mass is 79.9. The number of esters is 1. The Hall–Kier alpha value is -3.10. The van der Waals surface area contributed by atoms with Crippen LogP contribution in [0.5, 0.6) is 0 Å². The van der Waals surface area contributed by atoms with Crippen molar-refractivity contribution in [2.24, 2.45) is 10.5 Å². The summed E-state index contributed by atoms with van der Waals surface area (Å²) in [6, 6.07) is 12.1. The van der Waals surface area contributed by atoms with Gasteiger partial charge in [0.25, 0.3) is 0 Å². The first-order chi connectivity index (χ1) is 17.5. The number of hydrogen-bond donors (Lipinski definition) is 1. The van der Waals surface area contributed by atoms with Crippen molar-refractivity contribution in [1.82, 2.24) is 5.01 Å². The normalized spacial score (nSPS) is 17.2. The molecule has 1 N–H and O–H groups in total. The maximum atomic E-state index is 13.3. The molecule has 1 unspecified atom stereocenters. The second-order valence-corrected chi connectivity index (χ2v) is 9.66. The number of rotatable bonds is 9. The standard InChI is InChI=1S/C25H23BrClF3N4O3/c1-2-37-23(36)24(11-3-4-12-31)15-34(14-21(35)32-18-8-6-17(26)7-9-18)33-22(24)16-5-10-19(20(27)13-16)25(28,29)30/h5-10,13H,2-4,11,14-15H2,1H3,(H,32,35). The van der Waals surface area contributed by atoms with E-state index < -0.39 is 34.1 Å². The van der Waals surface area contributed by atoms with Crippen LogP contribution in [0, 0.1) is 16.7 Å². The molecule has 37 heavy (non-hydrogen) atoms. The van der Waals surface area contributed by atoms with Gasteiger partial charge in [-0.3, -0.25) is 14.6 Å². The first kappa shape index (κ1) is 28.5. The molecule has 1 amide bonds. The lowest BCUT2D eigenvalue weighted by Gasteiger charge is -2.29. The summed E-state index contributed by atoms with van der Waals surface area (Å²) in [4.78, 5) is 26.0. The van der Waals surface area contributed by atoms with Gasteiger partial charge < -0.3 is 10.1 Å². The Morgan fingerprint density at radius 3 is 2.57 bits per heavy atom. The van der Waals surface area contributed by atoms with Gasteiger partial charge in [0, 0.05) is 22.1 Å². The van der Waals surface area contributed by atoms with Gasteiger partial charge in [-0.05, 0) is 56.2 Å². The maximum Gasteiger partial charge on any atom is 0.417 e. The van der Waals surface area contributed by atoms with Gasteiger partial charge in [0.15, 0.2) is 0 Å². The minimum Gasteiger partial charge on any atom is -0.465 e. The molecule has 196 valence electrons. The van der Waals surface area contributed by atoms with Gasteiger partial charge in [0.1, 0.15) is 12.0 Å². The van der Waals surface area contributed by atoms with E-state index in [0.29, 0.717) is 12.1 Å². The Morgan fingerprint density at radius 1 is 1.27 bits per heavy atom. The van der Waals surface area contributed by atoms with Crippen molar-refractivity contribution in [3.63, 3.8) is 0 Å². The van der Waals surface area contributed by atoms with Gasteiger partial charge >= 0.3 is 12.1 Å². The van der Waals surface area contributed by atoms with E-state index in [4.69, 9.17) is 21.6 Å².